The molecule has 0 bridgehead atoms. The molecule has 0 aliphatic rings. The third-order valence-corrected chi connectivity index (χ3v) is 7.21. The normalized spacial score (nSPS) is 11.0. The van der Waals surface area contributed by atoms with Gasteiger partial charge in [0.2, 0.25) is 5.91 Å². The highest BCUT2D eigenvalue weighted by Crippen LogP contribution is 2.23. The number of aryl methyl sites for hydroxylation is 1. The Morgan fingerprint density at radius 1 is 0.875 bits per heavy atom. The second-order valence-corrected chi connectivity index (χ2v) is 10.6. The van der Waals surface area contributed by atoms with Crippen molar-refractivity contribution >= 4 is 62.9 Å². The van der Waals surface area contributed by atoms with Crippen LogP contribution < -0.4 is 16.0 Å². The number of carbonyl (C=O) groups is 3. The van der Waals surface area contributed by atoms with Crippen molar-refractivity contribution in [2.24, 2.45) is 0 Å². The van der Waals surface area contributed by atoms with E-state index in [1.807, 2.05) is 37.3 Å². The number of anilines is 2. The van der Waals surface area contributed by atoms with Crippen LogP contribution in [0.5, 0.6) is 0 Å². The van der Waals surface area contributed by atoms with Crippen molar-refractivity contribution in [3.63, 3.8) is 0 Å². The zero-order chi connectivity index (χ0) is 28.5. The van der Waals surface area contributed by atoms with Gasteiger partial charge in [0.25, 0.3) is 11.8 Å². The van der Waals surface area contributed by atoms with Gasteiger partial charge in [-0.2, -0.15) is 0 Å². The molecule has 0 saturated carbocycles. The number of amides is 3. The molecule has 3 N–H and O–H groups in total. The van der Waals surface area contributed by atoms with Crippen molar-refractivity contribution in [3.8, 4) is 0 Å². The zero-order valence-electron chi connectivity index (χ0n) is 21.4. The molecule has 0 aromatic heterocycles. The minimum Gasteiger partial charge on any atom is -0.323 e. The van der Waals surface area contributed by atoms with Crippen molar-refractivity contribution in [3.05, 3.63) is 130 Å². The van der Waals surface area contributed by atoms with E-state index >= 15 is 0 Å². The molecule has 6 nitrogen and oxygen atoms in total. The molecular formula is C31H25BrFN3O3S. The van der Waals surface area contributed by atoms with E-state index < -0.39 is 17.6 Å². The molecule has 9 heteroatoms. The SMILES string of the molecule is Cc1ccccc1/C=C(\NC(=O)c1ccccc1)C(=O)Nc1ccc(SCC(=O)Nc2ccc(Br)cc2F)cc1. The third kappa shape index (κ3) is 8.14. The third-order valence-electron chi connectivity index (χ3n) is 5.70. The molecule has 0 saturated heterocycles. The fraction of sp³-hybridized carbons (Fsp3) is 0.0645. The summed E-state index contributed by atoms with van der Waals surface area (Å²) >= 11 is 4.46. The lowest BCUT2D eigenvalue weighted by molar-refractivity contribution is -0.114. The fourth-order valence-corrected chi connectivity index (χ4v) is 4.64. The first-order chi connectivity index (χ1) is 19.3. The Balaban J connectivity index is 1.41. The minimum absolute atomic E-state index is 0.0794. The highest BCUT2D eigenvalue weighted by Gasteiger charge is 2.16. The van der Waals surface area contributed by atoms with E-state index in [2.05, 4.69) is 31.9 Å². The predicted molar refractivity (Wildman–Crippen MR) is 162 cm³/mol. The Morgan fingerprint density at radius 2 is 1.57 bits per heavy atom. The van der Waals surface area contributed by atoms with Crippen LogP contribution in [-0.4, -0.2) is 23.5 Å². The van der Waals surface area contributed by atoms with E-state index in [1.54, 1.807) is 60.7 Å². The van der Waals surface area contributed by atoms with Crippen molar-refractivity contribution in [1.82, 2.24) is 5.32 Å². The number of hydrogen-bond donors (Lipinski definition) is 3. The van der Waals surface area contributed by atoms with Crippen LogP contribution in [0.3, 0.4) is 0 Å². The summed E-state index contributed by atoms with van der Waals surface area (Å²) in [5.74, 6) is -1.67. The molecule has 4 aromatic carbocycles. The Kier molecular flexibility index (Phi) is 9.88. The number of hydrogen-bond acceptors (Lipinski definition) is 4. The summed E-state index contributed by atoms with van der Waals surface area (Å²) in [6.07, 6.45) is 1.64. The average molecular weight is 619 g/mol. The van der Waals surface area contributed by atoms with Crippen LogP contribution in [0.1, 0.15) is 21.5 Å². The monoisotopic (exact) mass is 617 g/mol. The highest BCUT2D eigenvalue weighted by molar-refractivity contribution is 9.10. The fourth-order valence-electron chi connectivity index (χ4n) is 3.61. The summed E-state index contributed by atoms with van der Waals surface area (Å²) in [6, 6.07) is 27.6. The zero-order valence-corrected chi connectivity index (χ0v) is 23.8. The number of carbonyl (C=O) groups excluding carboxylic acids is 3. The van der Waals surface area contributed by atoms with Gasteiger partial charge in [-0.15, -0.1) is 11.8 Å². The Morgan fingerprint density at radius 3 is 2.27 bits per heavy atom. The summed E-state index contributed by atoms with van der Waals surface area (Å²) in [6.45, 7) is 1.92. The summed E-state index contributed by atoms with van der Waals surface area (Å²) in [4.78, 5) is 39.1. The van der Waals surface area contributed by atoms with Gasteiger partial charge in [0.15, 0.2) is 0 Å². The van der Waals surface area contributed by atoms with Gasteiger partial charge in [0, 0.05) is 20.6 Å². The largest absolute Gasteiger partial charge is 0.323 e. The van der Waals surface area contributed by atoms with Gasteiger partial charge in [-0.25, -0.2) is 4.39 Å². The van der Waals surface area contributed by atoms with E-state index in [0.717, 1.165) is 16.0 Å². The molecule has 40 heavy (non-hydrogen) atoms. The summed E-state index contributed by atoms with van der Waals surface area (Å²) < 4.78 is 14.5. The van der Waals surface area contributed by atoms with Gasteiger partial charge in [-0.05, 0) is 78.7 Å². The van der Waals surface area contributed by atoms with E-state index in [-0.39, 0.29) is 23.0 Å². The quantitative estimate of drug-likeness (QED) is 0.139. The Bertz CT molecular complexity index is 1560. The summed E-state index contributed by atoms with van der Waals surface area (Å²) in [7, 11) is 0. The van der Waals surface area contributed by atoms with E-state index in [9.17, 15) is 18.8 Å². The maximum Gasteiger partial charge on any atom is 0.272 e. The summed E-state index contributed by atoms with van der Waals surface area (Å²) in [5, 5.41) is 8.11. The van der Waals surface area contributed by atoms with Crippen LogP contribution in [0, 0.1) is 12.7 Å². The lowest BCUT2D eigenvalue weighted by Gasteiger charge is -2.12. The molecule has 0 aliphatic carbocycles. The van der Waals surface area contributed by atoms with Gasteiger partial charge in [0.05, 0.1) is 11.4 Å². The van der Waals surface area contributed by atoms with Crippen LogP contribution in [0.25, 0.3) is 6.08 Å². The van der Waals surface area contributed by atoms with Crippen LogP contribution in [0.2, 0.25) is 0 Å². The second kappa shape index (κ2) is 13.7. The number of thioether (sulfide) groups is 1. The molecule has 0 aliphatic heterocycles. The van der Waals surface area contributed by atoms with Gasteiger partial charge in [0.1, 0.15) is 11.5 Å². The first-order valence-corrected chi connectivity index (χ1v) is 14.0. The van der Waals surface area contributed by atoms with Gasteiger partial charge in [-0.1, -0.05) is 58.4 Å². The Labute approximate surface area is 244 Å². The van der Waals surface area contributed by atoms with Gasteiger partial charge < -0.3 is 16.0 Å². The topological polar surface area (TPSA) is 87.3 Å². The summed E-state index contributed by atoms with van der Waals surface area (Å²) in [5.41, 5.74) is 2.91. The second-order valence-electron chi connectivity index (χ2n) is 8.67. The molecule has 0 fully saturated rings. The minimum atomic E-state index is -0.524. The maximum atomic E-state index is 14.0. The molecule has 0 heterocycles. The molecule has 0 radical (unpaired) electrons. The molecule has 202 valence electrons. The smallest absolute Gasteiger partial charge is 0.272 e. The lowest BCUT2D eigenvalue weighted by Crippen LogP contribution is -2.30. The van der Waals surface area contributed by atoms with E-state index in [1.165, 1.54) is 23.9 Å². The van der Waals surface area contributed by atoms with Crippen molar-refractivity contribution in [1.29, 1.82) is 0 Å². The molecule has 3 amide bonds. The first kappa shape index (κ1) is 28.8. The molecule has 0 atom stereocenters. The number of halogens is 2. The van der Waals surface area contributed by atoms with Crippen molar-refractivity contribution < 1.29 is 18.8 Å². The lowest BCUT2D eigenvalue weighted by atomic mass is 10.1. The van der Waals surface area contributed by atoms with Crippen LogP contribution >= 0.6 is 27.7 Å². The average Bonchev–Trinajstić information content (AvgIpc) is 2.95. The van der Waals surface area contributed by atoms with Crippen LogP contribution in [-0.2, 0) is 9.59 Å². The number of nitrogens with one attached hydrogen (secondary N) is 3. The van der Waals surface area contributed by atoms with Crippen molar-refractivity contribution in [2.45, 2.75) is 11.8 Å². The Hall–Kier alpha value is -4.21. The van der Waals surface area contributed by atoms with E-state index in [0.29, 0.717) is 15.7 Å². The van der Waals surface area contributed by atoms with Crippen LogP contribution in [0.15, 0.2) is 112 Å². The highest BCUT2D eigenvalue weighted by atomic mass is 79.9. The predicted octanol–water partition coefficient (Wildman–Crippen LogP) is 7.04. The standard InChI is InChI=1S/C31H25BrFN3O3S/c1-20-7-5-6-10-22(20)17-28(36-30(38)21-8-3-2-4-9-21)31(39)34-24-12-14-25(15-13-24)40-19-29(37)35-27-16-11-23(32)18-26(27)33/h2-18H,19H2,1H3,(H,34,39)(H,35,37)(H,36,38)/b28-17-. The van der Waals surface area contributed by atoms with Crippen molar-refractivity contribution in [2.75, 3.05) is 16.4 Å². The van der Waals surface area contributed by atoms with Gasteiger partial charge >= 0.3 is 0 Å². The molecule has 0 spiro atoms. The first-order valence-electron chi connectivity index (χ1n) is 12.2. The number of benzene rings is 4. The molecule has 0 unspecified atom stereocenters. The molecule has 4 aromatic rings. The van der Waals surface area contributed by atoms with Gasteiger partial charge in [-0.3, -0.25) is 14.4 Å². The molecule has 4 rings (SSSR count). The van der Waals surface area contributed by atoms with E-state index in [4.69, 9.17) is 0 Å². The van der Waals surface area contributed by atoms with Crippen LogP contribution in [0.4, 0.5) is 15.8 Å². The number of rotatable bonds is 9. The maximum absolute atomic E-state index is 14.0. The molecular weight excluding hydrogens is 593 g/mol.